The third-order valence-corrected chi connectivity index (χ3v) is 5.39. The number of rotatable bonds is 5. The summed E-state index contributed by atoms with van der Waals surface area (Å²) in [4.78, 5) is 16.5. The van der Waals surface area contributed by atoms with Gasteiger partial charge in [0, 0.05) is 28.2 Å². The Balaban J connectivity index is 1.52. The van der Waals surface area contributed by atoms with E-state index in [0.29, 0.717) is 17.1 Å². The van der Waals surface area contributed by atoms with Crippen molar-refractivity contribution in [3.63, 3.8) is 0 Å². The first-order valence-corrected chi connectivity index (χ1v) is 9.98. The molecule has 0 saturated carbocycles. The number of anilines is 1. The van der Waals surface area contributed by atoms with Crippen LogP contribution >= 0.6 is 23.2 Å². The van der Waals surface area contributed by atoms with Gasteiger partial charge in [0.2, 0.25) is 0 Å². The summed E-state index contributed by atoms with van der Waals surface area (Å²) in [5, 5.41) is 15.2. The minimum Gasteiger partial charge on any atom is -0.506 e. The summed E-state index contributed by atoms with van der Waals surface area (Å²) in [6, 6.07) is 15.5. The van der Waals surface area contributed by atoms with Crippen LogP contribution < -0.4 is 11.2 Å². The molecule has 0 spiro atoms. The minimum absolute atomic E-state index is 0.0766. The Morgan fingerprint density at radius 2 is 2.03 bits per heavy atom. The van der Waals surface area contributed by atoms with Crippen molar-refractivity contribution in [2.45, 2.75) is 6.54 Å². The number of phenols is 1. The number of carbonyl (C=O) groups excluding carboxylic acids is 1. The number of amides is 1. The predicted octanol–water partition coefficient (Wildman–Crippen LogP) is 4.44. The Bertz CT molecular complexity index is 1320. The zero-order valence-corrected chi connectivity index (χ0v) is 17.6. The number of nitrogens with two attached hydrogens (primary N) is 1. The molecule has 0 fully saturated rings. The van der Waals surface area contributed by atoms with E-state index in [0.717, 1.165) is 22.2 Å². The number of nitrogens with one attached hydrogen (secondary N) is 1. The lowest BCUT2D eigenvalue weighted by atomic mass is 10.1. The van der Waals surface area contributed by atoms with Crippen LogP contribution in [0.2, 0.25) is 10.2 Å². The van der Waals surface area contributed by atoms with Gasteiger partial charge in [-0.15, -0.1) is 0 Å². The molecule has 31 heavy (non-hydrogen) atoms. The number of carbonyl (C=O) groups is 1. The lowest BCUT2D eigenvalue weighted by Crippen LogP contribution is -2.17. The first kappa shape index (κ1) is 20.7. The number of phenolic OH excluding ortho intramolecular Hbond substituents is 1. The number of hydrazone groups is 1. The molecular weight excluding hydrogens is 437 g/mol. The maximum absolute atomic E-state index is 12.2. The van der Waals surface area contributed by atoms with Crippen molar-refractivity contribution in [3.05, 3.63) is 87.8 Å². The first-order chi connectivity index (χ1) is 14.9. The zero-order valence-electron chi connectivity index (χ0n) is 16.1. The number of hydrogen-bond donors (Lipinski definition) is 3. The second-order valence-electron chi connectivity index (χ2n) is 6.77. The molecule has 2 heterocycles. The smallest absolute Gasteiger partial charge is 0.271 e. The Morgan fingerprint density at radius 3 is 2.81 bits per heavy atom. The van der Waals surface area contributed by atoms with Crippen LogP contribution in [-0.2, 0) is 6.54 Å². The maximum Gasteiger partial charge on any atom is 0.271 e. The van der Waals surface area contributed by atoms with E-state index in [1.54, 1.807) is 12.3 Å². The molecule has 0 bridgehead atoms. The van der Waals surface area contributed by atoms with Gasteiger partial charge in [-0.1, -0.05) is 35.3 Å². The fourth-order valence-electron chi connectivity index (χ4n) is 3.14. The molecule has 0 aliphatic heterocycles. The van der Waals surface area contributed by atoms with Crippen LogP contribution in [0.1, 0.15) is 21.6 Å². The van der Waals surface area contributed by atoms with Crippen LogP contribution in [0.5, 0.6) is 5.75 Å². The standard InChI is InChI=1S/C22H17Cl2N5O2/c23-17-6-5-15(27-21(17)24)12-29-9-8-16-14(2-1-3-19(16)29)11-26-28-22(31)13-4-7-20(30)18(25)10-13/h1-11,30H,12,25H2,(H,28,31)/b26-11+. The monoisotopic (exact) mass is 453 g/mol. The number of benzene rings is 2. The summed E-state index contributed by atoms with van der Waals surface area (Å²) in [6.45, 7) is 0.528. The third-order valence-electron chi connectivity index (χ3n) is 4.70. The quantitative estimate of drug-likeness (QED) is 0.136. The molecule has 1 amide bonds. The van der Waals surface area contributed by atoms with Crippen LogP contribution in [0.3, 0.4) is 0 Å². The first-order valence-electron chi connectivity index (χ1n) is 9.23. The van der Waals surface area contributed by atoms with Crippen LogP contribution in [0.15, 0.2) is 65.9 Å². The minimum atomic E-state index is -0.432. The van der Waals surface area contributed by atoms with E-state index in [1.807, 2.05) is 41.1 Å². The fraction of sp³-hybridized carbons (Fsp3) is 0.0455. The van der Waals surface area contributed by atoms with E-state index in [9.17, 15) is 9.90 Å². The largest absolute Gasteiger partial charge is 0.506 e. The number of hydrogen-bond acceptors (Lipinski definition) is 5. The lowest BCUT2D eigenvalue weighted by Gasteiger charge is -2.07. The maximum atomic E-state index is 12.2. The molecule has 0 atom stereocenters. The van der Waals surface area contributed by atoms with Crippen molar-refractivity contribution in [2.24, 2.45) is 5.10 Å². The number of aromatic hydroxyl groups is 1. The second-order valence-corrected chi connectivity index (χ2v) is 7.54. The van der Waals surface area contributed by atoms with Crippen LogP contribution in [0.25, 0.3) is 10.9 Å². The van der Waals surface area contributed by atoms with Crippen molar-refractivity contribution in [3.8, 4) is 5.75 Å². The third kappa shape index (κ3) is 4.47. The van der Waals surface area contributed by atoms with Gasteiger partial charge in [0.05, 0.1) is 29.2 Å². The average Bonchev–Trinajstić information content (AvgIpc) is 3.16. The summed E-state index contributed by atoms with van der Waals surface area (Å²) in [7, 11) is 0. The summed E-state index contributed by atoms with van der Waals surface area (Å²) in [6.07, 6.45) is 3.52. The van der Waals surface area contributed by atoms with E-state index in [1.165, 1.54) is 18.2 Å². The van der Waals surface area contributed by atoms with Gasteiger partial charge >= 0.3 is 0 Å². The fourth-order valence-corrected chi connectivity index (χ4v) is 3.41. The van der Waals surface area contributed by atoms with E-state index in [2.05, 4.69) is 15.5 Å². The van der Waals surface area contributed by atoms with Gasteiger partial charge in [-0.3, -0.25) is 4.79 Å². The number of halogens is 2. The highest BCUT2D eigenvalue weighted by Gasteiger charge is 2.09. The molecule has 2 aromatic heterocycles. The highest BCUT2D eigenvalue weighted by Crippen LogP contribution is 2.23. The van der Waals surface area contributed by atoms with Crippen LogP contribution in [0.4, 0.5) is 5.69 Å². The van der Waals surface area contributed by atoms with E-state index in [-0.39, 0.29) is 16.6 Å². The molecule has 0 aliphatic rings. The average molecular weight is 454 g/mol. The van der Waals surface area contributed by atoms with Gasteiger partial charge in [-0.2, -0.15) is 5.10 Å². The predicted molar refractivity (Wildman–Crippen MR) is 123 cm³/mol. The highest BCUT2D eigenvalue weighted by molar-refractivity contribution is 6.41. The number of nitrogen functional groups attached to an aromatic ring is 1. The number of fused-ring (bicyclic) bond motifs is 1. The lowest BCUT2D eigenvalue weighted by molar-refractivity contribution is 0.0955. The topological polar surface area (TPSA) is 106 Å². The summed E-state index contributed by atoms with van der Waals surface area (Å²) >= 11 is 12.0. The van der Waals surface area contributed by atoms with Crippen molar-refractivity contribution in [1.29, 1.82) is 0 Å². The van der Waals surface area contributed by atoms with Crippen LogP contribution in [0, 0.1) is 0 Å². The van der Waals surface area contributed by atoms with E-state index < -0.39 is 5.91 Å². The summed E-state index contributed by atoms with van der Waals surface area (Å²) in [5.74, 6) is -0.509. The van der Waals surface area contributed by atoms with Crippen molar-refractivity contribution in [1.82, 2.24) is 15.0 Å². The summed E-state index contributed by atoms with van der Waals surface area (Å²) < 4.78 is 2.04. The molecule has 0 aliphatic carbocycles. The van der Waals surface area contributed by atoms with Gasteiger partial charge in [-0.25, -0.2) is 10.4 Å². The summed E-state index contributed by atoms with van der Waals surface area (Å²) in [5.41, 5.74) is 11.1. The van der Waals surface area contributed by atoms with E-state index in [4.69, 9.17) is 28.9 Å². The molecule has 4 aromatic rings. The molecule has 4 N–H and O–H groups in total. The van der Waals surface area contributed by atoms with Crippen LogP contribution in [-0.4, -0.2) is 26.8 Å². The Labute approximate surface area is 187 Å². The highest BCUT2D eigenvalue weighted by atomic mass is 35.5. The molecule has 4 rings (SSSR count). The SMILES string of the molecule is Nc1cc(C(=O)N/N=C/c2cccc3c2ccn3Cc2ccc(Cl)c(Cl)n2)ccc1O. The molecule has 0 unspecified atom stereocenters. The van der Waals surface area contributed by atoms with Gasteiger partial charge in [0.1, 0.15) is 10.9 Å². The molecular formula is C22H17Cl2N5O2. The molecule has 156 valence electrons. The molecule has 0 radical (unpaired) electrons. The molecule has 7 nitrogen and oxygen atoms in total. The number of pyridine rings is 1. The Hall–Kier alpha value is -3.55. The number of nitrogens with zero attached hydrogens (tertiary/aromatic N) is 3. The molecule has 0 saturated heterocycles. The van der Waals surface area contributed by atoms with Gasteiger partial charge < -0.3 is 15.4 Å². The van der Waals surface area contributed by atoms with E-state index >= 15 is 0 Å². The zero-order chi connectivity index (χ0) is 22.0. The Kier molecular flexibility index (Phi) is 5.79. The Morgan fingerprint density at radius 1 is 1.19 bits per heavy atom. The van der Waals surface area contributed by atoms with Gasteiger partial charge in [0.15, 0.2) is 0 Å². The van der Waals surface area contributed by atoms with Gasteiger partial charge in [0.25, 0.3) is 5.91 Å². The number of aromatic nitrogens is 2. The molecule has 2 aromatic carbocycles. The van der Waals surface area contributed by atoms with Crippen molar-refractivity contribution in [2.75, 3.05) is 5.73 Å². The van der Waals surface area contributed by atoms with Crippen molar-refractivity contribution >= 4 is 51.9 Å². The molecule has 9 heteroatoms. The normalized spacial score (nSPS) is 11.3. The van der Waals surface area contributed by atoms with Crippen molar-refractivity contribution < 1.29 is 9.90 Å². The van der Waals surface area contributed by atoms with Gasteiger partial charge in [-0.05, 0) is 42.5 Å². The second kappa shape index (κ2) is 8.67.